The third kappa shape index (κ3) is 13.6. The van der Waals surface area contributed by atoms with Gasteiger partial charge in [0.2, 0.25) is 0 Å². The van der Waals surface area contributed by atoms with Gasteiger partial charge in [-0.15, -0.1) is 0 Å². The summed E-state index contributed by atoms with van der Waals surface area (Å²) in [5.74, 6) is 0. The lowest BCUT2D eigenvalue weighted by molar-refractivity contribution is 0.565. The first-order chi connectivity index (χ1) is 20.4. The van der Waals surface area contributed by atoms with Crippen molar-refractivity contribution in [2.24, 2.45) is 0 Å². The second-order valence-corrected chi connectivity index (χ2v) is 14.8. The Labute approximate surface area is 273 Å². The average Bonchev–Trinajstić information content (AvgIpc) is 2.97. The molecule has 0 spiro atoms. The van der Waals surface area contributed by atoms with Gasteiger partial charge >= 0.3 is 0 Å². The minimum absolute atomic E-state index is 0. The van der Waals surface area contributed by atoms with E-state index in [-0.39, 0.29) is 23.7 Å². The summed E-state index contributed by atoms with van der Waals surface area (Å²) in [6, 6.07) is 16.5. The lowest BCUT2D eigenvalue weighted by atomic mass is 9.86. The molecule has 242 valence electrons. The normalized spacial score (nSPS) is 11.4. The fourth-order valence-corrected chi connectivity index (χ4v) is 3.90. The number of hydrogen-bond donors (Lipinski definition) is 0. The second-order valence-electron chi connectivity index (χ2n) is 14.8. The van der Waals surface area contributed by atoms with Crippen molar-refractivity contribution in [2.75, 3.05) is 0 Å². The summed E-state index contributed by atoms with van der Waals surface area (Å²) in [5, 5.41) is 0. The van der Waals surface area contributed by atoms with Gasteiger partial charge in [-0.2, -0.15) is 0 Å². The van der Waals surface area contributed by atoms with Gasteiger partial charge in [-0.05, 0) is 51.1 Å². The van der Waals surface area contributed by atoms with Gasteiger partial charge in [0, 0.05) is 48.8 Å². The molecule has 0 atom stereocenters. The molecule has 0 aliphatic heterocycles. The van der Waals surface area contributed by atoms with Crippen LogP contribution in [0.2, 0.25) is 0 Å². The predicted molar refractivity (Wildman–Crippen MR) is 192 cm³/mol. The van der Waals surface area contributed by atoms with E-state index < -0.39 is 0 Å². The van der Waals surface area contributed by atoms with Crippen molar-refractivity contribution in [1.82, 2.24) is 29.9 Å². The molecule has 4 heterocycles. The number of rotatable bonds is 0. The second kappa shape index (κ2) is 16.9. The zero-order chi connectivity index (χ0) is 33.0. The van der Waals surface area contributed by atoms with Crippen molar-refractivity contribution in [3.63, 3.8) is 0 Å². The van der Waals surface area contributed by atoms with Gasteiger partial charge in [0.25, 0.3) is 0 Å². The Balaban J connectivity index is 0.000000302. The lowest BCUT2D eigenvalue weighted by Gasteiger charge is -2.19. The SMILES string of the molecule is C.CC(C)(C)c1ccccc1.CC(C)(C)c1ccnc2cccnc12.CC(C)(C)c1cnccn1.CC(C)(C)c1cncnc1. The number of hydrogen-bond acceptors (Lipinski definition) is 6. The molecule has 45 heavy (non-hydrogen) atoms. The molecular formula is C39H56N6. The first kappa shape index (κ1) is 39.0. The maximum Gasteiger partial charge on any atom is 0.115 e. The quantitative estimate of drug-likeness (QED) is 0.174. The number of pyridine rings is 2. The highest BCUT2D eigenvalue weighted by Crippen LogP contribution is 2.27. The van der Waals surface area contributed by atoms with E-state index in [4.69, 9.17) is 0 Å². The van der Waals surface area contributed by atoms with E-state index in [1.807, 2.05) is 36.9 Å². The monoisotopic (exact) mass is 608 g/mol. The van der Waals surface area contributed by atoms with Gasteiger partial charge in [-0.25, -0.2) is 9.97 Å². The zero-order valence-electron chi connectivity index (χ0n) is 28.9. The van der Waals surface area contributed by atoms with E-state index >= 15 is 0 Å². The summed E-state index contributed by atoms with van der Waals surface area (Å²) in [6.07, 6.45) is 14.1. The molecule has 0 bridgehead atoms. The van der Waals surface area contributed by atoms with Gasteiger partial charge in [0.05, 0.1) is 16.7 Å². The summed E-state index contributed by atoms with van der Waals surface area (Å²) < 4.78 is 0. The van der Waals surface area contributed by atoms with Crippen molar-refractivity contribution in [3.8, 4) is 0 Å². The van der Waals surface area contributed by atoms with Crippen molar-refractivity contribution in [2.45, 2.75) is 112 Å². The molecule has 0 aliphatic rings. The minimum Gasteiger partial charge on any atom is -0.261 e. The van der Waals surface area contributed by atoms with Gasteiger partial charge in [0.15, 0.2) is 0 Å². The largest absolute Gasteiger partial charge is 0.261 e. The molecule has 0 saturated carbocycles. The van der Waals surface area contributed by atoms with Crippen molar-refractivity contribution in [3.05, 3.63) is 121 Å². The van der Waals surface area contributed by atoms with Gasteiger partial charge in [0.1, 0.15) is 6.33 Å². The molecule has 4 aromatic heterocycles. The number of fused-ring (bicyclic) bond motifs is 1. The van der Waals surface area contributed by atoms with E-state index in [0.29, 0.717) is 5.41 Å². The third-order valence-electron chi connectivity index (χ3n) is 6.70. The summed E-state index contributed by atoms with van der Waals surface area (Å²) in [5.41, 5.74) is 7.55. The third-order valence-corrected chi connectivity index (χ3v) is 6.70. The van der Waals surface area contributed by atoms with E-state index in [0.717, 1.165) is 16.7 Å². The molecule has 5 aromatic rings. The highest BCUT2D eigenvalue weighted by atomic mass is 14.8. The first-order valence-corrected chi connectivity index (χ1v) is 15.2. The van der Waals surface area contributed by atoms with E-state index in [1.54, 1.807) is 24.9 Å². The highest BCUT2D eigenvalue weighted by Gasteiger charge is 2.17. The summed E-state index contributed by atoms with van der Waals surface area (Å²) >= 11 is 0. The number of benzene rings is 1. The summed E-state index contributed by atoms with van der Waals surface area (Å²) in [6.45, 7) is 26.0. The molecular weight excluding hydrogens is 552 g/mol. The Morgan fingerprint density at radius 3 is 1.47 bits per heavy atom. The van der Waals surface area contributed by atoms with Crippen LogP contribution in [0.5, 0.6) is 0 Å². The molecule has 0 saturated heterocycles. The Hall–Kier alpha value is -4.06. The fourth-order valence-electron chi connectivity index (χ4n) is 3.90. The van der Waals surface area contributed by atoms with E-state index in [9.17, 15) is 0 Å². The van der Waals surface area contributed by atoms with Gasteiger partial charge in [-0.1, -0.05) is 121 Å². The summed E-state index contributed by atoms with van der Waals surface area (Å²) in [7, 11) is 0. The molecule has 5 rings (SSSR count). The molecule has 0 radical (unpaired) electrons. The minimum atomic E-state index is 0. The summed E-state index contributed by atoms with van der Waals surface area (Å²) in [4.78, 5) is 24.7. The topological polar surface area (TPSA) is 77.3 Å². The van der Waals surface area contributed by atoms with Crippen LogP contribution in [0.15, 0.2) is 98.2 Å². The van der Waals surface area contributed by atoms with Crippen molar-refractivity contribution >= 4 is 11.0 Å². The fraction of sp³-hybridized carbons (Fsp3) is 0.436. The zero-order valence-corrected chi connectivity index (χ0v) is 28.9. The van der Waals surface area contributed by atoms with Crippen molar-refractivity contribution < 1.29 is 0 Å². The smallest absolute Gasteiger partial charge is 0.115 e. The van der Waals surface area contributed by atoms with Crippen LogP contribution in [0.25, 0.3) is 11.0 Å². The molecule has 0 N–H and O–H groups in total. The molecule has 1 aromatic carbocycles. The van der Waals surface area contributed by atoms with Crippen LogP contribution in [0.4, 0.5) is 0 Å². The van der Waals surface area contributed by atoms with Gasteiger partial charge in [-0.3, -0.25) is 19.9 Å². The van der Waals surface area contributed by atoms with Crippen LogP contribution in [-0.2, 0) is 21.7 Å². The molecule has 0 amide bonds. The van der Waals surface area contributed by atoms with Crippen LogP contribution in [0, 0.1) is 0 Å². The van der Waals surface area contributed by atoms with E-state index in [2.05, 4.69) is 149 Å². The van der Waals surface area contributed by atoms with Crippen LogP contribution in [0.1, 0.15) is 113 Å². The molecule has 0 unspecified atom stereocenters. The Bertz CT molecular complexity index is 1380. The van der Waals surface area contributed by atoms with Crippen LogP contribution < -0.4 is 0 Å². The van der Waals surface area contributed by atoms with E-state index in [1.165, 1.54) is 16.7 Å². The van der Waals surface area contributed by atoms with Crippen LogP contribution in [-0.4, -0.2) is 29.9 Å². The molecule has 0 aliphatic carbocycles. The Morgan fingerprint density at radius 2 is 1.04 bits per heavy atom. The van der Waals surface area contributed by atoms with Crippen molar-refractivity contribution in [1.29, 1.82) is 0 Å². The maximum atomic E-state index is 4.39. The molecule has 6 heteroatoms. The van der Waals surface area contributed by atoms with Crippen LogP contribution >= 0.6 is 0 Å². The number of nitrogens with zero attached hydrogens (tertiary/aromatic N) is 6. The highest BCUT2D eigenvalue weighted by molar-refractivity contribution is 5.78. The Morgan fingerprint density at radius 1 is 0.444 bits per heavy atom. The standard InChI is InChI=1S/C12H14N2.C10H14.2C8H12N2.CH4/c1-12(2,3)9-6-8-13-10-5-4-7-14-11(9)10;1-10(2,3)9-7-5-4-6-8-9;1-8(2,3)7-4-9-6-10-5-7;1-8(2,3)7-6-9-4-5-10-7;/h4-8H,1-3H3;4-8H,1-3H3;2*4-6H,1-3H3;1H4. The number of aromatic nitrogens is 6. The van der Waals surface area contributed by atoms with Gasteiger partial charge < -0.3 is 0 Å². The Kier molecular flexibility index (Phi) is 14.6. The maximum absolute atomic E-state index is 4.39. The average molecular weight is 609 g/mol. The van der Waals surface area contributed by atoms with Crippen LogP contribution in [0.3, 0.4) is 0 Å². The molecule has 0 fully saturated rings. The first-order valence-electron chi connectivity index (χ1n) is 15.2. The lowest BCUT2D eigenvalue weighted by Crippen LogP contribution is -2.13. The molecule has 6 nitrogen and oxygen atoms in total. The predicted octanol–water partition coefficient (Wildman–Crippen LogP) is 10.1.